The molecule has 1 aromatic rings. The predicted molar refractivity (Wildman–Crippen MR) is 36.5 cm³/mol. The largest absolute Gasteiger partial charge is 0.391 e. The molecular weight excluding hydrogens is 134 g/mol. The molecule has 0 spiro atoms. The van der Waals surface area contributed by atoms with Crippen molar-refractivity contribution in [2.24, 2.45) is 0 Å². The van der Waals surface area contributed by atoms with Crippen molar-refractivity contribution < 1.29 is 5.11 Å². The van der Waals surface area contributed by atoms with Crippen molar-refractivity contribution >= 4 is 17.0 Å². The third-order valence-corrected chi connectivity index (χ3v) is 1.83. The Balaban J connectivity index is 2.90. The minimum atomic E-state index is 0.0419. The van der Waals surface area contributed by atoms with Crippen LogP contribution in [-0.4, -0.2) is 5.11 Å². The number of hydrogen-bond donors (Lipinski definition) is 1. The van der Waals surface area contributed by atoms with E-state index in [4.69, 9.17) is 11.7 Å². The molecule has 0 aliphatic carbocycles. The average molecular weight is 139 g/mol. The van der Waals surface area contributed by atoms with Crippen LogP contribution >= 0.6 is 11.3 Å². The van der Waals surface area contributed by atoms with Crippen molar-refractivity contribution in [2.45, 2.75) is 6.61 Å². The van der Waals surface area contributed by atoms with Gasteiger partial charge >= 0.3 is 0 Å². The lowest BCUT2D eigenvalue weighted by Gasteiger charge is -1.80. The van der Waals surface area contributed by atoms with Gasteiger partial charge in [0.2, 0.25) is 0 Å². The van der Waals surface area contributed by atoms with Crippen molar-refractivity contribution in [3.63, 3.8) is 0 Å². The molecule has 0 bridgehead atoms. The maximum atomic E-state index is 8.55. The molecule has 0 aliphatic heterocycles. The van der Waals surface area contributed by atoms with E-state index in [1.54, 1.807) is 11.4 Å². The van der Waals surface area contributed by atoms with Gasteiger partial charge in [-0.05, 0) is 11.4 Å². The highest BCUT2D eigenvalue weighted by Crippen LogP contribution is 2.21. The summed E-state index contributed by atoms with van der Waals surface area (Å²) in [6.07, 6.45) is 0. The minimum absolute atomic E-state index is 0.0419. The molecule has 2 nitrogen and oxygen atoms in total. The van der Waals surface area contributed by atoms with Crippen molar-refractivity contribution in [1.82, 2.24) is 0 Å². The number of aliphatic hydroxyl groups is 1. The summed E-state index contributed by atoms with van der Waals surface area (Å²) in [6.45, 7) is 6.62. The van der Waals surface area contributed by atoms with Gasteiger partial charge in [-0.3, -0.25) is 0 Å². The molecule has 0 fully saturated rings. The van der Waals surface area contributed by atoms with Gasteiger partial charge in [0.05, 0.1) is 13.2 Å². The quantitative estimate of drug-likeness (QED) is 0.589. The molecule has 0 atom stereocenters. The van der Waals surface area contributed by atoms with Gasteiger partial charge in [0, 0.05) is 4.88 Å². The van der Waals surface area contributed by atoms with Gasteiger partial charge in [-0.15, -0.1) is 0 Å². The number of aliphatic hydroxyl groups excluding tert-OH is 1. The molecule has 0 saturated carbocycles. The Hall–Kier alpha value is -0.850. The SMILES string of the molecule is [C-]#[N+]c1csc(CO)c1. The zero-order chi connectivity index (χ0) is 6.69. The van der Waals surface area contributed by atoms with Crippen molar-refractivity contribution in [3.05, 3.63) is 27.7 Å². The maximum absolute atomic E-state index is 8.55. The predicted octanol–water partition coefficient (Wildman–Crippen LogP) is 1.79. The Bertz CT molecular complexity index is 235. The van der Waals surface area contributed by atoms with E-state index in [-0.39, 0.29) is 6.61 Å². The summed E-state index contributed by atoms with van der Waals surface area (Å²) in [7, 11) is 0. The molecule has 1 heterocycles. The van der Waals surface area contributed by atoms with E-state index in [0.29, 0.717) is 5.69 Å². The molecule has 3 heteroatoms. The molecule has 1 N–H and O–H groups in total. The van der Waals surface area contributed by atoms with Gasteiger partial charge in [-0.25, -0.2) is 4.85 Å². The normalized spacial score (nSPS) is 8.89. The van der Waals surface area contributed by atoms with Crippen LogP contribution in [0, 0.1) is 6.57 Å². The van der Waals surface area contributed by atoms with E-state index in [1.165, 1.54) is 11.3 Å². The summed E-state index contributed by atoms with van der Waals surface area (Å²) in [5.74, 6) is 0. The van der Waals surface area contributed by atoms with E-state index in [2.05, 4.69) is 4.85 Å². The average Bonchev–Trinajstić information content (AvgIpc) is 2.34. The summed E-state index contributed by atoms with van der Waals surface area (Å²) < 4.78 is 0. The highest BCUT2D eigenvalue weighted by Gasteiger charge is 1.94. The first-order valence-electron chi connectivity index (χ1n) is 2.42. The van der Waals surface area contributed by atoms with E-state index in [1.807, 2.05) is 0 Å². The molecule has 0 aliphatic rings. The fraction of sp³-hybridized carbons (Fsp3) is 0.167. The third-order valence-electron chi connectivity index (χ3n) is 0.925. The van der Waals surface area contributed by atoms with Crippen LogP contribution in [0.2, 0.25) is 0 Å². The monoisotopic (exact) mass is 139 g/mol. The lowest BCUT2D eigenvalue weighted by Crippen LogP contribution is -1.69. The zero-order valence-electron chi connectivity index (χ0n) is 4.66. The highest BCUT2D eigenvalue weighted by molar-refractivity contribution is 7.10. The van der Waals surface area contributed by atoms with Crippen LogP contribution in [0.4, 0.5) is 5.69 Å². The Labute approximate surface area is 57.2 Å². The van der Waals surface area contributed by atoms with Gasteiger partial charge in [-0.2, -0.15) is 11.3 Å². The Kier molecular flexibility index (Phi) is 1.83. The molecule has 0 aromatic carbocycles. The Morgan fingerprint density at radius 3 is 2.89 bits per heavy atom. The highest BCUT2D eigenvalue weighted by atomic mass is 32.1. The zero-order valence-corrected chi connectivity index (χ0v) is 5.48. The van der Waals surface area contributed by atoms with Crippen LogP contribution in [-0.2, 0) is 6.61 Å². The van der Waals surface area contributed by atoms with Crippen LogP contribution in [0.25, 0.3) is 4.85 Å². The van der Waals surface area contributed by atoms with Crippen LogP contribution in [0.15, 0.2) is 11.4 Å². The summed E-state index contributed by atoms with van der Waals surface area (Å²) >= 11 is 1.41. The second-order valence-corrected chi connectivity index (χ2v) is 2.54. The molecule has 9 heavy (non-hydrogen) atoms. The second-order valence-electron chi connectivity index (χ2n) is 1.54. The topological polar surface area (TPSA) is 24.6 Å². The van der Waals surface area contributed by atoms with Crippen LogP contribution < -0.4 is 0 Å². The van der Waals surface area contributed by atoms with Gasteiger partial charge in [0.1, 0.15) is 0 Å². The van der Waals surface area contributed by atoms with Gasteiger partial charge < -0.3 is 5.11 Å². The van der Waals surface area contributed by atoms with Crippen LogP contribution in [0.1, 0.15) is 4.88 Å². The fourth-order valence-corrected chi connectivity index (χ4v) is 1.17. The van der Waals surface area contributed by atoms with E-state index in [0.717, 1.165) is 4.88 Å². The van der Waals surface area contributed by atoms with E-state index < -0.39 is 0 Å². The summed E-state index contributed by atoms with van der Waals surface area (Å²) in [5, 5.41) is 10.3. The molecule has 0 unspecified atom stereocenters. The Morgan fingerprint density at radius 1 is 1.78 bits per heavy atom. The first-order chi connectivity index (χ1) is 4.36. The first kappa shape index (κ1) is 6.27. The number of hydrogen-bond acceptors (Lipinski definition) is 2. The first-order valence-corrected chi connectivity index (χ1v) is 3.30. The number of rotatable bonds is 1. The Morgan fingerprint density at radius 2 is 2.56 bits per heavy atom. The summed E-state index contributed by atoms with van der Waals surface area (Å²) in [5.41, 5.74) is 0.615. The standard InChI is InChI=1S/C6H5NOS/c1-7-5-2-6(3-8)9-4-5/h2,4,8H,3H2. The van der Waals surface area contributed by atoms with Crippen molar-refractivity contribution in [2.75, 3.05) is 0 Å². The lowest BCUT2D eigenvalue weighted by molar-refractivity contribution is 0.285. The van der Waals surface area contributed by atoms with Gasteiger partial charge in [-0.1, -0.05) is 0 Å². The molecule has 46 valence electrons. The van der Waals surface area contributed by atoms with Gasteiger partial charge in [0.15, 0.2) is 5.69 Å². The molecule has 0 radical (unpaired) electrons. The summed E-state index contributed by atoms with van der Waals surface area (Å²) in [4.78, 5) is 4.04. The fourth-order valence-electron chi connectivity index (χ4n) is 0.511. The number of thiophene rings is 1. The van der Waals surface area contributed by atoms with Crippen molar-refractivity contribution in [3.8, 4) is 0 Å². The maximum Gasteiger partial charge on any atom is 0.198 e. The third kappa shape index (κ3) is 1.28. The minimum Gasteiger partial charge on any atom is -0.391 e. The van der Waals surface area contributed by atoms with E-state index >= 15 is 0 Å². The van der Waals surface area contributed by atoms with Crippen LogP contribution in [0.5, 0.6) is 0 Å². The molecule has 0 amide bonds. The molecular formula is C6H5NOS. The van der Waals surface area contributed by atoms with Crippen LogP contribution in [0.3, 0.4) is 0 Å². The summed E-state index contributed by atoms with van der Waals surface area (Å²) in [6, 6.07) is 1.69. The second kappa shape index (κ2) is 2.62. The smallest absolute Gasteiger partial charge is 0.198 e. The molecule has 1 rings (SSSR count). The lowest BCUT2D eigenvalue weighted by atomic mass is 10.4. The van der Waals surface area contributed by atoms with E-state index in [9.17, 15) is 0 Å². The van der Waals surface area contributed by atoms with Crippen molar-refractivity contribution in [1.29, 1.82) is 0 Å². The van der Waals surface area contributed by atoms with Gasteiger partial charge in [0.25, 0.3) is 0 Å². The number of nitrogens with zero attached hydrogens (tertiary/aromatic N) is 1. The molecule has 0 saturated heterocycles. The molecule has 1 aromatic heterocycles.